The number of hydrogen-bond acceptors (Lipinski definition) is 6. The Morgan fingerprint density at radius 2 is 1.44 bits per heavy atom. The molecule has 4 heterocycles. The van der Waals surface area contributed by atoms with E-state index in [1.807, 2.05) is 30.3 Å². The third-order valence-corrected chi connectivity index (χ3v) is 10.7. The lowest BCUT2D eigenvalue weighted by molar-refractivity contribution is -0.153. The molecule has 1 aromatic carbocycles. The average Bonchev–Trinajstić information content (AvgIpc) is 3.40. The van der Waals surface area contributed by atoms with Gasteiger partial charge in [0.25, 0.3) is 0 Å². The molecule has 0 N–H and O–H groups in total. The van der Waals surface area contributed by atoms with Gasteiger partial charge in [-0.15, -0.1) is 0 Å². The third kappa shape index (κ3) is 7.25. The van der Waals surface area contributed by atoms with Gasteiger partial charge in [0.1, 0.15) is 12.6 Å². The first-order chi connectivity index (χ1) is 18.9. The topological polar surface area (TPSA) is 39.3 Å². The van der Waals surface area contributed by atoms with Crippen molar-refractivity contribution in [3.05, 3.63) is 35.9 Å². The van der Waals surface area contributed by atoms with E-state index in [9.17, 15) is 4.79 Å². The minimum absolute atomic E-state index is 0.0188. The molecule has 4 aliphatic heterocycles. The summed E-state index contributed by atoms with van der Waals surface area (Å²) in [6.07, 6.45) is 5.83. The molecule has 6 atom stereocenters. The van der Waals surface area contributed by atoms with Gasteiger partial charge in [-0.1, -0.05) is 37.3 Å². The van der Waals surface area contributed by atoms with Crippen molar-refractivity contribution in [1.82, 2.24) is 19.6 Å². The quantitative estimate of drug-likeness (QED) is 0.406. The molecule has 6 unspecified atom stereocenters. The van der Waals surface area contributed by atoms with Crippen LogP contribution in [0.15, 0.2) is 30.3 Å². The van der Waals surface area contributed by atoms with E-state index in [-0.39, 0.29) is 12.0 Å². The third-order valence-electron chi connectivity index (χ3n) is 10.7. The number of carbonyl (C=O) groups is 1. The Morgan fingerprint density at radius 1 is 0.795 bits per heavy atom. The number of hydrogen-bond donors (Lipinski definition) is 0. The fourth-order valence-electron chi connectivity index (χ4n) is 7.96. The van der Waals surface area contributed by atoms with Gasteiger partial charge in [-0.05, 0) is 108 Å². The molecule has 6 heteroatoms. The number of nitrogens with zero attached hydrogens (tertiary/aromatic N) is 4. The molecule has 6 nitrogen and oxygen atoms in total. The fourth-order valence-corrected chi connectivity index (χ4v) is 7.96. The summed E-state index contributed by atoms with van der Waals surface area (Å²) in [4.78, 5) is 24.2. The highest BCUT2D eigenvalue weighted by Gasteiger charge is 2.41. The summed E-state index contributed by atoms with van der Waals surface area (Å²) in [5.41, 5.74) is 1.07. The minimum atomic E-state index is -0.132. The van der Waals surface area contributed by atoms with Crippen molar-refractivity contribution < 1.29 is 9.53 Å². The molecular weight excluding hydrogens is 484 g/mol. The predicted octanol–water partition coefficient (Wildman–Crippen LogP) is 4.59. The predicted molar refractivity (Wildman–Crippen MR) is 159 cm³/mol. The zero-order valence-corrected chi connectivity index (χ0v) is 25.1. The van der Waals surface area contributed by atoms with Gasteiger partial charge in [0.2, 0.25) is 0 Å². The average molecular weight is 539 g/mol. The Kier molecular flexibility index (Phi) is 10.0. The monoisotopic (exact) mass is 538 g/mol. The van der Waals surface area contributed by atoms with Gasteiger partial charge in [-0.2, -0.15) is 0 Å². The molecule has 218 valence electrons. The van der Waals surface area contributed by atoms with Crippen molar-refractivity contribution in [3.8, 4) is 0 Å². The Hall–Kier alpha value is -1.47. The van der Waals surface area contributed by atoms with Crippen LogP contribution >= 0.6 is 0 Å². The number of likely N-dealkylation sites (tertiary alicyclic amines) is 4. The highest BCUT2D eigenvalue weighted by atomic mass is 16.5. The number of esters is 1. The number of rotatable bonds is 10. The van der Waals surface area contributed by atoms with E-state index >= 15 is 0 Å². The van der Waals surface area contributed by atoms with Gasteiger partial charge in [0.15, 0.2) is 0 Å². The van der Waals surface area contributed by atoms with Gasteiger partial charge >= 0.3 is 5.97 Å². The van der Waals surface area contributed by atoms with Crippen LogP contribution in [0.3, 0.4) is 0 Å². The molecule has 4 aliphatic rings. The van der Waals surface area contributed by atoms with E-state index in [4.69, 9.17) is 4.74 Å². The number of carbonyl (C=O) groups excluding carboxylic acids is 1. The van der Waals surface area contributed by atoms with E-state index in [1.54, 1.807) is 0 Å². The molecule has 4 saturated heterocycles. The van der Waals surface area contributed by atoms with Crippen molar-refractivity contribution >= 4 is 5.97 Å². The maximum atomic E-state index is 13.7. The lowest BCUT2D eigenvalue weighted by atomic mass is 9.79. The minimum Gasteiger partial charge on any atom is -0.460 e. The number of fused-ring (bicyclic) bond motifs is 2. The highest BCUT2D eigenvalue weighted by molar-refractivity contribution is 5.75. The van der Waals surface area contributed by atoms with Crippen molar-refractivity contribution in [2.24, 2.45) is 23.7 Å². The maximum Gasteiger partial charge on any atom is 0.323 e. The highest BCUT2D eigenvalue weighted by Crippen LogP contribution is 2.35. The van der Waals surface area contributed by atoms with Crippen LogP contribution in [0.25, 0.3) is 0 Å². The number of piperidine rings is 3. The molecule has 0 aromatic heterocycles. The van der Waals surface area contributed by atoms with Gasteiger partial charge in [-0.3, -0.25) is 9.69 Å². The lowest BCUT2D eigenvalue weighted by Gasteiger charge is -2.47. The summed E-state index contributed by atoms with van der Waals surface area (Å²) in [5, 5.41) is 0. The molecule has 0 spiro atoms. The van der Waals surface area contributed by atoms with Gasteiger partial charge in [0.05, 0.1) is 0 Å². The maximum absolute atomic E-state index is 13.7. The summed E-state index contributed by atoms with van der Waals surface area (Å²) in [6, 6.07) is 11.1. The SMILES string of the molecule is CCN1CCC2CN(C(C)CCC(C(=O)OCc3ccccc3)N3CCC4CCN(C(C)C)CC4C3)CC2C1. The molecular formula is C33H54N4O2. The summed E-state index contributed by atoms with van der Waals surface area (Å²) >= 11 is 0. The molecule has 39 heavy (non-hydrogen) atoms. The molecule has 0 amide bonds. The molecule has 0 saturated carbocycles. The zero-order valence-electron chi connectivity index (χ0n) is 25.1. The molecule has 5 rings (SSSR count). The second kappa shape index (κ2) is 13.5. The number of ether oxygens (including phenoxy) is 1. The normalized spacial score (nSPS) is 30.6. The van der Waals surface area contributed by atoms with E-state index < -0.39 is 0 Å². The van der Waals surface area contributed by atoms with E-state index in [1.165, 1.54) is 65.1 Å². The largest absolute Gasteiger partial charge is 0.460 e. The van der Waals surface area contributed by atoms with Gasteiger partial charge in [0, 0.05) is 44.8 Å². The van der Waals surface area contributed by atoms with Crippen LogP contribution in [0, 0.1) is 23.7 Å². The smallest absolute Gasteiger partial charge is 0.323 e. The van der Waals surface area contributed by atoms with E-state index in [2.05, 4.69) is 47.3 Å². The number of benzene rings is 1. The Bertz CT molecular complexity index is 910. The second-order valence-electron chi connectivity index (χ2n) is 13.4. The summed E-state index contributed by atoms with van der Waals surface area (Å²) in [6.45, 7) is 20.3. The molecule has 0 radical (unpaired) electrons. The summed E-state index contributed by atoms with van der Waals surface area (Å²) < 4.78 is 5.99. The van der Waals surface area contributed by atoms with Crippen LogP contribution in [0.5, 0.6) is 0 Å². The lowest BCUT2D eigenvalue weighted by Crippen LogP contribution is -2.55. The zero-order chi connectivity index (χ0) is 27.4. The van der Waals surface area contributed by atoms with Crippen molar-refractivity contribution in [3.63, 3.8) is 0 Å². The Balaban J connectivity index is 1.21. The first kappa shape index (κ1) is 29.0. The van der Waals surface area contributed by atoms with Crippen LogP contribution in [0.1, 0.15) is 65.4 Å². The molecule has 4 fully saturated rings. The summed E-state index contributed by atoms with van der Waals surface area (Å²) in [5.74, 6) is 3.14. The van der Waals surface area contributed by atoms with Gasteiger partial charge < -0.3 is 19.4 Å². The molecule has 1 aromatic rings. The Morgan fingerprint density at radius 3 is 2.18 bits per heavy atom. The van der Waals surface area contributed by atoms with Crippen LogP contribution < -0.4 is 0 Å². The molecule has 0 bridgehead atoms. The summed E-state index contributed by atoms with van der Waals surface area (Å²) in [7, 11) is 0. The molecule has 0 aliphatic carbocycles. The fraction of sp³-hybridized carbons (Fsp3) is 0.788. The van der Waals surface area contributed by atoms with Crippen LogP contribution in [-0.2, 0) is 16.1 Å². The Labute approximate surface area is 238 Å². The second-order valence-corrected chi connectivity index (χ2v) is 13.4. The van der Waals surface area contributed by atoms with E-state index in [0.717, 1.165) is 49.2 Å². The van der Waals surface area contributed by atoms with E-state index in [0.29, 0.717) is 24.6 Å². The van der Waals surface area contributed by atoms with Gasteiger partial charge in [-0.25, -0.2) is 0 Å². The first-order valence-corrected chi connectivity index (χ1v) is 16.1. The van der Waals surface area contributed by atoms with Crippen molar-refractivity contribution in [2.75, 3.05) is 58.9 Å². The van der Waals surface area contributed by atoms with Crippen LogP contribution in [0.4, 0.5) is 0 Å². The van der Waals surface area contributed by atoms with Crippen LogP contribution in [-0.4, -0.2) is 103 Å². The first-order valence-electron chi connectivity index (χ1n) is 16.1. The van der Waals surface area contributed by atoms with Crippen molar-refractivity contribution in [2.45, 2.75) is 84.5 Å². The standard InChI is InChI=1S/C33H54N4O2/c1-5-34-16-13-29-20-37(23-30(29)19-34)26(4)11-12-32(33(38)39-24-27-9-7-6-8-10-27)36-18-15-28-14-17-35(25(2)3)21-31(28)22-36/h6-10,25-26,28-32H,5,11-24H2,1-4H3. The van der Waals surface area contributed by atoms with Crippen molar-refractivity contribution in [1.29, 1.82) is 0 Å². The van der Waals surface area contributed by atoms with Crippen LogP contribution in [0.2, 0.25) is 0 Å².